The lowest BCUT2D eigenvalue weighted by Gasteiger charge is -2.21. The summed E-state index contributed by atoms with van der Waals surface area (Å²) in [6, 6.07) is 6.26. The molecule has 29 heavy (non-hydrogen) atoms. The molecule has 1 atom stereocenters. The average molecular weight is 426 g/mol. The lowest BCUT2D eigenvalue weighted by atomic mass is 10.1. The first-order valence-electron chi connectivity index (χ1n) is 10.2. The highest BCUT2D eigenvalue weighted by Gasteiger charge is 2.18. The fourth-order valence-corrected chi connectivity index (χ4v) is 3.90. The smallest absolute Gasteiger partial charge is 0.242 e. The molecule has 0 heterocycles. The van der Waals surface area contributed by atoms with Crippen LogP contribution in [0.3, 0.4) is 0 Å². The molecular weight excluding hydrogens is 390 g/mol. The van der Waals surface area contributed by atoms with Crippen molar-refractivity contribution in [2.45, 2.75) is 63.8 Å². The maximum atomic E-state index is 12.3. The van der Waals surface area contributed by atoms with E-state index in [0.29, 0.717) is 12.8 Å². The van der Waals surface area contributed by atoms with Crippen LogP contribution in [0.15, 0.2) is 29.2 Å². The molecule has 7 nitrogen and oxygen atoms in total. The summed E-state index contributed by atoms with van der Waals surface area (Å²) in [7, 11) is -0.495. The standard InChI is InChI=1S/C21H35N3O4S/c1-6-15-24(16-7-2)21(26)10-8-9-20(25)22-17(3)18-11-13-19(14-12-18)29(27,28)23(4)5/h11-14,17H,6-10,15-16H2,1-5H3,(H,22,25). The van der Waals surface area contributed by atoms with Crippen LogP contribution < -0.4 is 5.32 Å². The third-order valence-corrected chi connectivity index (χ3v) is 6.50. The molecule has 1 N–H and O–H groups in total. The van der Waals surface area contributed by atoms with Gasteiger partial charge in [-0.3, -0.25) is 9.59 Å². The molecule has 0 aliphatic rings. The summed E-state index contributed by atoms with van der Waals surface area (Å²) in [5.74, 6) is -0.0138. The third-order valence-electron chi connectivity index (χ3n) is 4.67. The van der Waals surface area contributed by atoms with Gasteiger partial charge in [-0.25, -0.2) is 12.7 Å². The topological polar surface area (TPSA) is 86.8 Å². The van der Waals surface area contributed by atoms with E-state index in [4.69, 9.17) is 0 Å². The molecule has 1 rings (SSSR count). The number of sulfonamides is 1. The van der Waals surface area contributed by atoms with Crippen LogP contribution in [0.25, 0.3) is 0 Å². The second-order valence-electron chi connectivity index (χ2n) is 7.38. The summed E-state index contributed by atoms with van der Waals surface area (Å²) in [5.41, 5.74) is 0.823. The molecule has 1 aromatic carbocycles. The highest BCUT2D eigenvalue weighted by Crippen LogP contribution is 2.18. The van der Waals surface area contributed by atoms with Gasteiger partial charge in [-0.05, 0) is 43.9 Å². The predicted octanol–water partition coefficient (Wildman–Crippen LogP) is 2.93. The molecule has 0 aliphatic heterocycles. The van der Waals surface area contributed by atoms with Gasteiger partial charge >= 0.3 is 0 Å². The number of benzene rings is 1. The van der Waals surface area contributed by atoms with Gasteiger partial charge in [0, 0.05) is 40.0 Å². The fraction of sp³-hybridized carbons (Fsp3) is 0.619. The highest BCUT2D eigenvalue weighted by molar-refractivity contribution is 7.89. The van der Waals surface area contributed by atoms with Gasteiger partial charge < -0.3 is 10.2 Å². The quantitative estimate of drug-likeness (QED) is 0.558. The number of hydrogen-bond acceptors (Lipinski definition) is 4. The van der Waals surface area contributed by atoms with E-state index in [1.165, 1.54) is 14.1 Å². The summed E-state index contributed by atoms with van der Waals surface area (Å²) in [6.45, 7) is 7.47. The van der Waals surface area contributed by atoms with Crippen LogP contribution >= 0.6 is 0 Å². The minimum Gasteiger partial charge on any atom is -0.350 e. The summed E-state index contributed by atoms with van der Waals surface area (Å²) in [6.07, 6.45) is 3.03. The molecule has 1 aromatic rings. The maximum absolute atomic E-state index is 12.3. The van der Waals surface area contributed by atoms with Gasteiger partial charge in [-0.15, -0.1) is 0 Å². The van der Waals surface area contributed by atoms with E-state index in [9.17, 15) is 18.0 Å². The molecule has 0 bridgehead atoms. The minimum absolute atomic E-state index is 0.104. The van der Waals surface area contributed by atoms with E-state index in [0.717, 1.165) is 35.8 Å². The Morgan fingerprint density at radius 1 is 1.00 bits per heavy atom. The third kappa shape index (κ3) is 7.78. The van der Waals surface area contributed by atoms with Gasteiger partial charge in [0.2, 0.25) is 21.8 Å². The van der Waals surface area contributed by atoms with Crippen molar-refractivity contribution in [3.63, 3.8) is 0 Å². The van der Waals surface area contributed by atoms with E-state index in [-0.39, 0.29) is 29.2 Å². The molecule has 0 spiro atoms. The Bertz CT molecular complexity index is 755. The van der Waals surface area contributed by atoms with E-state index in [2.05, 4.69) is 5.32 Å². The molecule has 164 valence electrons. The van der Waals surface area contributed by atoms with Crippen molar-refractivity contribution in [2.75, 3.05) is 27.2 Å². The summed E-state index contributed by atoms with van der Waals surface area (Å²) in [4.78, 5) is 26.5. The SMILES string of the molecule is CCCN(CCC)C(=O)CCCC(=O)NC(C)c1ccc(S(=O)(=O)N(C)C)cc1. The second kappa shape index (κ2) is 11.9. The Morgan fingerprint density at radius 2 is 1.55 bits per heavy atom. The average Bonchev–Trinajstić information content (AvgIpc) is 2.67. The number of carbonyl (C=O) groups is 2. The van der Waals surface area contributed by atoms with Gasteiger partial charge in [0.15, 0.2) is 0 Å². The highest BCUT2D eigenvalue weighted by atomic mass is 32.2. The lowest BCUT2D eigenvalue weighted by molar-refractivity contribution is -0.131. The van der Waals surface area contributed by atoms with Crippen molar-refractivity contribution in [1.82, 2.24) is 14.5 Å². The zero-order chi connectivity index (χ0) is 22.0. The van der Waals surface area contributed by atoms with E-state index in [1.54, 1.807) is 24.3 Å². The van der Waals surface area contributed by atoms with Crippen LogP contribution in [0.2, 0.25) is 0 Å². The maximum Gasteiger partial charge on any atom is 0.242 e. The molecule has 2 amide bonds. The molecular formula is C21H35N3O4S. The van der Waals surface area contributed by atoms with Crippen molar-refractivity contribution in [1.29, 1.82) is 0 Å². The van der Waals surface area contributed by atoms with Crippen LogP contribution in [0.5, 0.6) is 0 Å². The van der Waals surface area contributed by atoms with Crippen LogP contribution in [0.4, 0.5) is 0 Å². The Kier molecular flexibility index (Phi) is 10.3. The van der Waals surface area contributed by atoms with Gasteiger partial charge in [-0.2, -0.15) is 0 Å². The Labute approximate surface area is 175 Å². The number of rotatable bonds is 12. The number of hydrogen-bond donors (Lipinski definition) is 1. The molecule has 0 fully saturated rings. The second-order valence-corrected chi connectivity index (χ2v) is 9.53. The van der Waals surface area contributed by atoms with E-state index < -0.39 is 10.0 Å². The monoisotopic (exact) mass is 425 g/mol. The van der Waals surface area contributed by atoms with Gasteiger partial charge in [0.05, 0.1) is 10.9 Å². The first-order valence-corrected chi connectivity index (χ1v) is 11.7. The van der Waals surface area contributed by atoms with Crippen molar-refractivity contribution in [3.8, 4) is 0 Å². The number of nitrogens with zero attached hydrogens (tertiary/aromatic N) is 2. The molecule has 0 aromatic heterocycles. The van der Waals surface area contributed by atoms with Crippen LogP contribution in [-0.4, -0.2) is 56.6 Å². The normalized spacial score (nSPS) is 12.6. The van der Waals surface area contributed by atoms with E-state index in [1.807, 2.05) is 25.7 Å². The Balaban J connectivity index is 2.53. The zero-order valence-electron chi connectivity index (χ0n) is 18.3. The lowest BCUT2D eigenvalue weighted by Crippen LogP contribution is -2.32. The van der Waals surface area contributed by atoms with Crippen molar-refractivity contribution < 1.29 is 18.0 Å². The largest absolute Gasteiger partial charge is 0.350 e. The number of amides is 2. The first kappa shape index (κ1) is 25.1. The molecule has 0 saturated heterocycles. The molecule has 1 unspecified atom stereocenters. The van der Waals surface area contributed by atoms with Gasteiger partial charge in [-0.1, -0.05) is 26.0 Å². The fourth-order valence-electron chi connectivity index (χ4n) is 3.00. The first-order chi connectivity index (χ1) is 13.6. The summed E-state index contributed by atoms with van der Waals surface area (Å²) >= 11 is 0. The van der Waals surface area contributed by atoms with Gasteiger partial charge in [0.25, 0.3) is 0 Å². The van der Waals surface area contributed by atoms with Crippen LogP contribution in [-0.2, 0) is 19.6 Å². The molecule has 0 saturated carbocycles. The van der Waals surface area contributed by atoms with Crippen molar-refractivity contribution in [3.05, 3.63) is 29.8 Å². The van der Waals surface area contributed by atoms with Crippen molar-refractivity contribution in [2.24, 2.45) is 0 Å². The Hall–Kier alpha value is -1.93. The number of carbonyl (C=O) groups excluding carboxylic acids is 2. The molecule has 8 heteroatoms. The summed E-state index contributed by atoms with van der Waals surface area (Å²) in [5, 5.41) is 2.91. The minimum atomic E-state index is -3.47. The van der Waals surface area contributed by atoms with Gasteiger partial charge in [0.1, 0.15) is 0 Å². The van der Waals surface area contributed by atoms with Crippen LogP contribution in [0, 0.1) is 0 Å². The predicted molar refractivity (Wildman–Crippen MR) is 115 cm³/mol. The van der Waals surface area contributed by atoms with Crippen LogP contribution in [0.1, 0.15) is 64.5 Å². The Morgan fingerprint density at radius 3 is 2.03 bits per heavy atom. The zero-order valence-corrected chi connectivity index (χ0v) is 19.1. The molecule has 0 aliphatic carbocycles. The molecule has 0 radical (unpaired) electrons. The summed E-state index contributed by atoms with van der Waals surface area (Å²) < 4.78 is 25.4. The van der Waals surface area contributed by atoms with E-state index >= 15 is 0 Å². The van der Waals surface area contributed by atoms with Crippen molar-refractivity contribution >= 4 is 21.8 Å². The number of nitrogens with one attached hydrogen (secondary N) is 1.